The molecule has 2 aromatic rings. The van der Waals surface area contributed by atoms with Crippen molar-refractivity contribution in [1.29, 1.82) is 5.26 Å². The number of nitriles is 1. The zero-order valence-electron chi connectivity index (χ0n) is 14.5. The molecular formula is C18H17N3O5. The highest BCUT2D eigenvalue weighted by Gasteiger charge is 2.33. The lowest BCUT2D eigenvalue weighted by atomic mass is 9.86. The summed E-state index contributed by atoms with van der Waals surface area (Å²) in [6.07, 6.45) is 0. The van der Waals surface area contributed by atoms with Gasteiger partial charge in [-0.25, -0.2) is 0 Å². The van der Waals surface area contributed by atoms with Crippen LogP contribution in [-0.4, -0.2) is 22.5 Å². The third-order valence-corrected chi connectivity index (χ3v) is 3.99. The highest BCUT2D eigenvalue weighted by molar-refractivity contribution is 5.82. The van der Waals surface area contributed by atoms with E-state index in [1.54, 1.807) is 20.8 Å². The molecule has 1 N–H and O–H groups in total. The van der Waals surface area contributed by atoms with Crippen LogP contribution in [0.25, 0.3) is 11.1 Å². The SMILES string of the molecule is CCOC(=O)C(C)(C)c1cc(-c2ccc([N+](=O)[O-])cc2)c(C#N)c(=O)[nH]1. The summed E-state index contributed by atoms with van der Waals surface area (Å²) in [6.45, 7) is 5.07. The molecule has 1 aromatic carbocycles. The summed E-state index contributed by atoms with van der Waals surface area (Å²) >= 11 is 0. The van der Waals surface area contributed by atoms with Crippen molar-refractivity contribution in [2.24, 2.45) is 0 Å². The summed E-state index contributed by atoms with van der Waals surface area (Å²) < 4.78 is 5.04. The summed E-state index contributed by atoms with van der Waals surface area (Å²) in [5.41, 5.74) is -0.994. The monoisotopic (exact) mass is 355 g/mol. The van der Waals surface area contributed by atoms with Crippen molar-refractivity contribution in [3.8, 4) is 17.2 Å². The van der Waals surface area contributed by atoms with E-state index in [4.69, 9.17) is 4.74 Å². The van der Waals surface area contributed by atoms with Gasteiger partial charge in [-0.2, -0.15) is 5.26 Å². The van der Waals surface area contributed by atoms with Gasteiger partial charge in [0, 0.05) is 23.4 Å². The molecule has 0 atom stereocenters. The van der Waals surface area contributed by atoms with Crippen molar-refractivity contribution in [3.05, 3.63) is 62.1 Å². The zero-order valence-corrected chi connectivity index (χ0v) is 14.5. The van der Waals surface area contributed by atoms with Crippen LogP contribution in [0.3, 0.4) is 0 Å². The van der Waals surface area contributed by atoms with Crippen molar-refractivity contribution in [3.63, 3.8) is 0 Å². The van der Waals surface area contributed by atoms with Crippen molar-refractivity contribution in [2.45, 2.75) is 26.2 Å². The molecule has 0 radical (unpaired) electrons. The number of aromatic nitrogens is 1. The molecule has 1 aromatic heterocycles. The molecule has 134 valence electrons. The number of benzene rings is 1. The van der Waals surface area contributed by atoms with E-state index in [1.807, 2.05) is 6.07 Å². The molecule has 0 aliphatic carbocycles. The first-order chi connectivity index (χ1) is 12.2. The summed E-state index contributed by atoms with van der Waals surface area (Å²) in [6, 6.07) is 8.84. The fourth-order valence-corrected chi connectivity index (χ4v) is 2.42. The molecule has 26 heavy (non-hydrogen) atoms. The van der Waals surface area contributed by atoms with E-state index in [1.165, 1.54) is 30.3 Å². The van der Waals surface area contributed by atoms with E-state index >= 15 is 0 Å². The maximum atomic E-state index is 12.3. The highest BCUT2D eigenvalue weighted by Crippen LogP contribution is 2.29. The molecule has 2 rings (SSSR count). The Morgan fingerprint density at radius 1 is 1.35 bits per heavy atom. The number of esters is 1. The summed E-state index contributed by atoms with van der Waals surface area (Å²) in [7, 11) is 0. The summed E-state index contributed by atoms with van der Waals surface area (Å²) in [5, 5.41) is 20.1. The van der Waals surface area contributed by atoms with Gasteiger partial charge >= 0.3 is 5.97 Å². The van der Waals surface area contributed by atoms with Crippen molar-refractivity contribution < 1.29 is 14.5 Å². The second-order valence-electron chi connectivity index (χ2n) is 6.06. The van der Waals surface area contributed by atoms with Gasteiger partial charge in [0.05, 0.1) is 11.5 Å². The minimum Gasteiger partial charge on any atom is -0.465 e. The van der Waals surface area contributed by atoms with E-state index in [0.717, 1.165) is 0 Å². The average Bonchev–Trinajstić information content (AvgIpc) is 2.61. The molecule has 0 spiro atoms. The van der Waals surface area contributed by atoms with E-state index < -0.39 is 21.9 Å². The zero-order chi connectivity index (χ0) is 19.5. The fraction of sp³-hybridized carbons (Fsp3) is 0.278. The maximum Gasteiger partial charge on any atom is 0.317 e. The molecule has 0 bridgehead atoms. The number of pyridine rings is 1. The number of carbonyl (C=O) groups is 1. The molecule has 8 nitrogen and oxygen atoms in total. The van der Waals surface area contributed by atoms with Crippen LogP contribution in [0.1, 0.15) is 32.0 Å². The lowest BCUT2D eigenvalue weighted by Gasteiger charge is -2.23. The van der Waals surface area contributed by atoms with Crippen molar-refractivity contribution >= 4 is 11.7 Å². The predicted octanol–water partition coefficient (Wildman–Crippen LogP) is 2.66. The number of non-ortho nitro benzene ring substituents is 1. The fourth-order valence-electron chi connectivity index (χ4n) is 2.42. The number of hydrogen-bond donors (Lipinski definition) is 1. The van der Waals surface area contributed by atoms with Gasteiger partial charge in [-0.1, -0.05) is 0 Å². The van der Waals surface area contributed by atoms with Gasteiger partial charge in [0.1, 0.15) is 17.0 Å². The Hall–Kier alpha value is -3.47. The second kappa shape index (κ2) is 7.19. The molecule has 0 fully saturated rings. The molecule has 0 amide bonds. The first kappa shape index (κ1) is 18.9. The first-order valence-electron chi connectivity index (χ1n) is 7.82. The van der Waals surface area contributed by atoms with Crippen LogP contribution in [-0.2, 0) is 14.9 Å². The van der Waals surface area contributed by atoms with E-state index in [9.17, 15) is 25.0 Å². The highest BCUT2D eigenvalue weighted by atomic mass is 16.6. The van der Waals surface area contributed by atoms with Crippen molar-refractivity contribution in [2.75, 3.05) is 6.61 Å². The van der Waals surface area contributed by atoms with Crippen LogP contribution in [0, 0.1) is 21.4 Å². The Kier molecular flexibility index (Phi) is 5.22. The number of rotatable bonds is 5. The Labute approximate surface area is 149 Å². The van der Waals surface area contributed by atoms with Crippen LogP contribution in [0.15, 0.2) is 35.1 Å². The second-order valence-corrected chi connectivity index (χ2v) is 6.06. The van der Waals surface area contributed by atoms with E-state index in [0.29, 0.717) is 11.1 Å². The molecule has 8 heteroatoms. The van der Waals surface area contributed by atoms with Gasteiger partial charge in [0.25, 0.3) is 11.2 Å². The van der Waals surface area contributed by atoms with Gasteiger partial charge in [0.2, 0.25) is 0 Å². The van der Waals surface area contributed by atoms with Crippen LogP contribution >= 0.6 is 0 Å². The quantitative estimate of drug-likeness (QED) is 0.499. The number of hydrogen-bond acceptors (Lipinski definition) is 6. The Morgan fingerprint density at radius 3 is 2.46 bits per heavy atom. The normalized spacial score (nSPS) is 10.8. The lowest BCUT2D eigenvalue weighted by Crippen LogP contribution is -2.34. The smallest absolute Gasteiger partial charge is 0.317 e. The average molecular weight is 355 g/mol. The summed E-state index contributed by atoms with van der Waals surface area (Å²) in [4.78, 5) is 37.4. The van der Waals surface area contributed by atoms with Gasteiger partial charge in [0.15, 0.2) is 0 Å². The number of nitro groups is 1. The number of H-pyrrole nitrogens is 1. The number of nitrogens with one attached hydrogen (secondary N) is 1. The Bertz CT molecular complexity index is 952. The minimum absolute atomic E-state index is 0.107. The van der Waals surface area contributed by atoms with Gasteiger partial charge in [-0.3, -0.25) is 19.7 Å². The van der Waals surface area contributed by atoms with Crippen LogP contribution in [0.5, 0.6) is 0 Å². The lowest BCUT2D eigenvalue weighted by molar-refractivity contribution is -0.384. The number of nitro benzene ring substituents is 1. The van der Waals surface area contributed by atoms with Gasteiger partial charge < -0.3 is 9.72 Å². The number of aromatic amines is 1. The molecular weight excluding hydrogens is 338 g/mol. The molecule has 0 aliphatic heterocycles. The van der Waals surface area contributed by atoms with Gasteiger partial charge in [-0.15, -0.1) is 0 Å². The number of nitrogens with zero attached hydrogens (tertiary/aromatic N) is 2. The van der Waals surface area contributed by atoms with E-state index in [2.05, 4.69) is 4.98 Å². The standard InChI is InChI=1S/C18H17N3O5/c1-4-26-17(23)18(2,3)15-9-13(14(10-19)16(22)20-15)11-5-7-12(8-6-11)21(24)25/h5-9H,4H2,1-3H3,(H,20,22). The molecule has 0 unspecified atom stereocenters. The number of carbonyl (C=O) groups excluding carboxylic acids is 1. The molecule has 1 heterocycles. The summed E-state index contributed by atoms with van der Waals surface area (Å²) in [5.74, 6) is -0.519. The Morgan fingerprint density at radius 2 is 1.96 bits per heavy atom. The Balaban J connectivity index is 2.64. The maximum absolute atomic E-state index is 12.3. The van der Waals surface area contributed by atoms with Crippen LogP contribution in [0.4, 0.5) is 5.69 Å². The first-order valence-corrected chi connectivity index (χ1v) is 7.82. The number of ether oxygens (including phenoxy) is 1. The van der Waals surface area contributed by atoms with Crippen LogP contribution < -0.4 is 5.56 Å². The molecule has 0 saturated heterocycles. The topological polar surface area (TPSA) is 126 Å². The molecule has 0 saturated carbocycles. The largest absolute Gasteiger partial charge is 0.465 e. The third kappa shape index (κ3) is 3.47. The third-order valence-electron chi connectivity index (χ3n) is 3.99. The van der Waals surface area contributed by atoms with Gasteiger partial charge in [-0.05, 0) is 44.5 Å². The van der Waals surface area contributed by atoms with E-state index in [-0.39, 0.29) is 23.6 Å². The minimum atomic E-state index is -1.14. The predicted molar refractivity (Wildman–Crippen MR) is 93.5 cm³/mol. The molecule has 0 aliphatic rings. The van der Waals surface area contributed by atoms with Crippen molar-refractivity contribution in [1.82, 2.24) is 4.98 Å². The van der Waals surface area contributed by atoms with Crippen LogP contribution in [0.2, 0.25) is 0 Å².